The molecule has 2 aromatic rings. The first kappa shape index (κ1) is 11.2. The highest BCUT2D eigenvalue weighted by Crippen LogP contribution is 2.18. The molecule has 0 aliphatic rings. The van der Waals surface area contributed by atoms with Crippen molar-refractivity contribution in [3.8, 4) is 0 Å². The fourth-order valence-corrected chi connectivity index (χ4v) is 1.62. The van der Waals surface area contributed by atoms with Gasteiger partial charge in [0.2, 0.25) is 0 Å². The summed E-state index contributed by atoms with van der Waals surface area (Å²) in [7, 11) is 0. The van der Waals surface area contributed by atoms with Gasteiger partial charge in [-0.1, -0.05) is 0 Å². The van der Waals surface area contributed by atoms with Crippen LogP contribution in [0.3, 0.4) is 0 Å². The van der Waals surface area contributed by atoms with Crippen molar-refractivity contribution < 1.29 is 4.79 Å². The summed E-state index contributed by atoms with van der Waals surface area (Å²) in [5.41, 5.74) is 7.67. The van der Waals surface area contributed by atoms with Crippen molar-refractivity contribution in [2.75, 3.05) is 17.2 Å². The molecule has 5 heteroatoms. The van der Waals surface area contributed by atoms with Crippen LogP contribution in [0, 0.1) is 0 Å². The van der Waals surface area contributed by atoms with Gasteiger partial charge < -0.3 is 10.6 Å². The van der Waals surface area contributed by atoms with E-state index in [1.54, 1.807) is 23.2 Å². The number of rotatable bonds is 3. The highest BCUT2D eigenvalue weighted by Gasteiger charge is 2.16. The molecule has 0 fully saturated rings. The van der Waals surface area contributed by atoms with Crippen LogP contribution in [0.25, 0.3) is 0 Å². The molecule has 0 aliphatic heterocycles. The van der Waals surface area contributed by atoms with E-state index in [-0.39, 0.29) is 5.91 Å². The summed E-state index contributed by atoms with van der Waals surface area (Å²) in [6, 6.07) is 7.22. The average molecular weight is 230 g/mol. The number of H-pyrrole nitrogens is 1. The molecule has 88 valence electrons. The normalized spacial score (nSPS) is 10.2. The van der Waals surface area contributed by atoms with Crippen LogP contribution < -0.4 is 10.6 Å². The molecule has 1 heterocycles. The number of nitrogens with one attached hydrogen (secondary N) is 1. The monoisotopic (exact) mass is 230 g/mol. The number of hydrogen-bond acceptors (Lipinski definition) is 3. The summed E-state index contributed by atoms with van der Waals surface area (Å²) in [6.07, 6.45) is 3.10. The third kappa shape index (κ3) is 2.28. The minimum atomic E-state index is -0.0778. The van der Waals surface area contributed by atoms with Gasteiger partial charge in [0.1, 0.15) is 0 Å². The zero-order valence-corrected chi connectivity index (χ0v) is 9.55. The summed E-state index contributed by atoms with van der Waals surface area (Å²) in [5.74, 6) is -0.0778. The quantitative estimate of drug-likeness (QED) is 0.787. The van der Waals surface area contributed by atoms with E-state index < -0.39 is 0 Å². The molecule has 0 bridgehead atoms. The standard InChI is InChI=1S/C12H14N4O/c1-2-16(11-5-3-10(13)4-6-11)12(17)9-7-14-15-8-9/h3-8H,2,13H2,1H3,(H,14,15). The van der Waals surface area contributed by atoms with E-state index in [9.17, 15) is 4.79 Å². The Kier molecular flexibility index (Phi) is 3.09. The summed E-state index contributed by atoms with van der Waals surface area (Å²) >= 11 is 0. The van der Waals surface area contributed by atoms with Crippen LogP contribution in [0.4, 0.5) is 11.4 Å². The second-order valence-electron chi connectivity index (χ2n) is 3.63. The third-order valence-electron chi connectivity index (χ3n) is 2.51. The lowest BCUT2D eigenvalue weighted by Crippen LogP contribution is -2.30. The van der Waals surface area contributed by atoms with Gasteiger partial charge >= 0.3 is 0 Å². The summed E-state index contributed by atoms with van der Waals surface area (Å²) < 4.78 is 0. The van der Waals surface area contributed by atoms with Crippen molar-refractivity contribution in [1.82, 2.24) is 10.2 Å². The molecule has 0 saturated heterocycles. The highest BCUT2D eigenvalue weighted by molar-refractivity contribution is 6.05. The molecule has 0 unspecified atom stereocenters. The number of carbonyl (C=O) groups is 1. The Morgan fingerprint density at radius 3 is 2.65 bits per heavy atom. The van der Waals surface area contributed by atoms with E-state index in [1.807, 2.05) is 19.1 Å². The average Bonchev–Trinajstić information content (AvgIpc) is 2.86. The topological polar surface area (TPSA) is 75.0 Å². The van der Waals surface area contributed by atoms with E-state index in [4.69, 9.17) is 5.73 Å². The molecule has 1 aromatic heterocycles. The van der Waals surface area contributed by atoms with Crippen LogP contribution in [-0.4, -0.2) is 22.6 Å². The van der Waals surface area contributed by atoms with Crippen molar-refractivity contribution in [3.05, 3.63) is 42.2 Å². The smallest absolute Gasteiger partial charge is 0.261 e. The number of aromatic nitrogens is 2. The maximum absolute atomic E-state index is 12.2. The van der Waals surface area contributed by atoms with Crippen LogP contribution in [0.1, 0.15) is 17.3 Å². The fraction of sp³-hybridized carbons (Fsp3) is 0.167. The lowest BCUT2D eigenvalue weighted by atomic mass is 10.2. The van der Waals surface area contributed by atoms with Gasteiger partial charge in [0.05, 0.1) is 11.8 Å². The van der Waals surface area contributed by atoms with Crippen molar-refractivity contribution >= 4 is 17.3 Å². The van der Waals surface area contributed by atoms with E-state index in [0.29, 0.717) is 17.8 Å². The van der Waals surface area contributed by atoms with Crippen LogP contribution >= 0.6 is 0 Å². The Morgan fingerprint density at radius 1 is 1.41 bits per heavy atom. The third-order valence-corrected chi connectivity index (χ3v) is 2.51. The van der Waals surface area contributed by atoms with Crippen LogP contribution in [0.2, 0.25) is 0 Å². The first-order valence-corrected chi connectivity index (χ1v) is 5.38. The van der Waals surface area contributed by atoms with Gasteiger partial charge in [-0.15, -0.1) is 0 Å². The lowest BCUT2D eigenvalue weighted by molar-refractivity contribution is 0.0988. The van der Waals surface area contributed by atoms with E-state index in [0.717, 1.165) is 5.69 Å². The lowest BCUT2D eigenvalue weighted by Gasteiger charge is -2.20. The second kappa shape index (κ2) is 4.69. The number of anilines is 2. The van der Waals surface area contributed by atoms with E-state index >= 15 is 0 Å². The summed E-state index contributed by atoms with van der Waals surface area (Å²) in [6.45, 7) is 2.52. The maximum atomic E-state index is 12.2. The number of hydrogen-bond donors (Lipinski definition) is 2. The number of benzene rings is 1. The van der Waals surface area contributed by atoms with Gasteiger partial charge in [-0.05, 0) is 31.2 Å². The molecule has 0 aliphatic carbocycles. The maximum Gasteiger partial charge on any atom is 0.261 e. The Hall–Kier alpha value is -2.30. The molecule has 0 spiro atoms. The van der Waals surface area contributed by atoms with Gasteiger partial charge in [-0.3, -0.25) is 9.89 Å². The Bertz CT molecular complexity index is 490. The number of carbonyl (C=O) groups excluding carboxylic acids is 1. The van der Waals surface area contributed by atoms with Crippen LogP contribution in [0.5, 0.6) is 0 Å². The molecule has 1 aromatic carbocycles. The molecule has 0 radical (unpaired) electrons. The number of aromatic amines is 1. The molecule has 5 nitrogen and oxygen atoms in total. The number of nitrogens with zero attached hydrogens (tertiary/aromatic N) is 2. The van der Waals surface area contributed by atoms with Gasteiger partial charge in [0, 0.05) is 24.1 Å². The highest BCUT2D eigenvalue weighted by atomic mass is 16.2. The number of amides is 1. The first-order valence-electron chi connectivity index (χ1n) is 5.38. The summed E-state index contributed by atoms with van der Waals surface area (Å²) in [5, 5.41) is 6.41. The molecule has 3 N–H and O–H groups in total. The van der Waals surface area contributed by atoms with Crippen molar-refractivity contribution in [3.63, 3.8) is 0 Å². The van der Waals surface area contributed by atoms with Gasteiger partial charge in [-0.25, -0.2) is 0 Å². The second-order valence-corrected chi connectivity index (χ2v) is 3.63. The predicted molar refractivity (Wildman–Crippen MR) is 66.8 cm³/mol. The van der Waals surface area contributed by atoms with Crippen molar-refractivity contribution in [1.29, 1.82) is 0 Å². The van der Waals surface area contributed by atoms with Crippen molar-refractivity contribution in [2.45, 2.75) is 6.92 Å². The fourth-order valence-electron chi connectivity index (χ4n) is 1.62. The van der Waals surface area contributed by atoms with Crippen LogP contribution in [-0.2, 0) is 0 Å². The molecule has 17 heavy (non-hydrogen) atoms. The largest absolute Gasteiger partial charge is 0.399 e. The molecule has 0 saturated carbocycles. The Morgan fingerprint density at radius 2 is 2.12 bits per heavy atom. The van der Waals surface area contributed by atoms with Gasteiger partial charge in [-0.2, -0.15) is 5.10 Å². The van der Waals surface area contributed by atoms with Crippen molar-refractivity contribution in [2.24, 2.45) is 0 Å². The molecular formula is C12H14N4O. The Labute approximate surface area is 99.2 Å². The van der Waals surface area contributed by atoms with Crippen LogP contribution in [0.15, 0.2) is 36.7 Å². The predicted octanol–water partition coefficient (Wildman–Crippen LogP) is 1.66. The summed E-state index contributed by atoms with van der Waals surface area (Å²) in [4.78, 5) is 13.8. The number of nitrogen functional groups attached to an aromatic ring is 1. The Balaban J connectivity index is 2.28. The van der Waals surface area contributed by atoms with Gasteiger partial charge in [0.15, 0.2) is 0 Å². The van der Waals surface area contributed by atoms with E-state index in [1.165, 1.54) is 6.20 Å². The van der Waals surface area contributed by atoms with E-state index in [2.05, 4.69) is 10.2 Å². The molecule has 2 rings (SSSR count). The van der Waals surface area contributed by atoms with Gasteiger partial charge in [0.25, 0.3) is 5.91 Å². The first-order chi connectivity index (χ1) is 8.22. The zero-order valence-electron chi connectivity index (χ0n) is 9.55. The molecule has 0 atom stereocenters. The minimum Gasteiger partial charge on any atom is -0.399 e. The number of nitrogens with two attached hydrogens (primary N) is 1. The SMILES string of the molecule is CCN(C(=O)c1cn[nH]c1)c1ccc(N)cc1. The molecular weight excluding hydrogens is 216 g/mol. The molecule has 1 amide bonds. The zero-order chi connectivity index (χ0) is 12.3. The minimum absolute atomic E-state index is 0.0778.